The molecule has 1 amide bonds. The Balaban J connectivity index is 1.28. The molecule has 1 N–H and O–H groups in total. The summed E-state index contributed by atoms with van der Waals surface area (Å²) in [6.07, 6.45) is 3.94. The maximum absolute atomic E-state index is 13.3. The first-order valence-corrected chi connectivity index (χ1v) is 16.5. The van der Waals surface area contributed by atoms with Gasteiger partial charge in [-0.05, 0) is 105 Å². The van der Waals surface area contributed by atoms with Crippen molar-refractivity contribution < 1.29 is 22.7 Å². The molecule has 1 fully saturated rings. The van der Waals surface area contributed by atoms with E-state index in [-0.39, 0.29) is 23.0 Å². The minimum atomic E-state index is -3.54. The van der Waals surface area contributed by atoms with Crippen LogP contribution in [0.25, 0.3) is 17.2 Å². The quantitative estimate of drug-likeness (QED) is 0.345. The van der Waals surface area contributed by atoms with Crippen molar-refractivity contribution in [2.24, 2.45) is 0 Å². The van der Waals surface area contributed by atoms with E-state index < -0.39 is 9.84 Å². The van der Waals surface area contributed by atoms with Crippen LogP contribution in [0.5, 0.6) is 5.75 Å². The number of anilines is 1. The molecule has 9 heteroatoms. The lowest BCUT2D eigenvalue weighted by molar-refractivity contribution is -0.112. The van der Waals surface area contributed by atoms with Gasteiger partial charge in [0.05, 0.1) is 10.6 Å². The lowest BCUT2D eigenvalue weighted by Gasteiger charge is -2.31. The monoisotopic (exact) mass is 603 g/mol. The van der Waals surface area contributed by atoms with Crippen molar-refractivity contribution in [2.75, 3.05) is 58.6 Å². The Morgan fingerprint density at radius 3 is 2.35 bits per heavy atom. The number of fused-ring (bicyclic) bond motifs is 1. The van der Waals surface area contributed by atoms with Crippen LogP contribution in [0.15, 0.2) is 77.2 Å². The van der Waals surface area contributed by atoms with Gasteiger partial charge in [-0.2, -0.15) is 0 Å². The van der Waals surface area contributed by atoms with Crippen LogP contribution in [-0.2, 0) is 25.9 Å². The molecule has 3 aromatic carbocycles. The summed E-state index contributed by atoms with van der Waals surface area (Å²) >= 11 is 0. The van der Waals surface area contributed by atoms with Gasteiger partial charge in [-0.15, -0.1) is 0 Å². The summed E-state index contributed by atoms with van der Waals surface area (Å²) in [5.74, 6) is 0.371. The van der Waals surface area contributed by atoms with E-state index >= 15 is 0 Å². The molecule has 228 valence electrons. The Hall–Kier alpha value is -3.50. The zero-order valence-corrected chi connectivity index (χ0v) is 26.0. The molecule has 0 aromatic heterocycles. The molecule has 1 saturated heterocycles. The maximum Gasteiger partial charge on any atom is 0.251 e. The fourth-order valence-corrected chi connectivity index (χ4v) is 6.92. The van der Waals surface area contributed by atoms with Crippen LogP contribution < -0.4 is 10.1 Å². The number of amides is 1. The van der Waals surface area contributed by atoms with Crippen LogP contribution in [-0.4, -0.2) is 83.4 Å². The number of hydrogen-bond donors (Lipinski definition) is 1. The molecular weight excluding hydrogens is 562 g/mol. The number of sulfone groups is 1. The third kappa shape index (κ3) is 8.12. The number of benzene rings is 3. The van der Waals surface area contributed by atoms with Crippen molar-refractivity contribution in [1.82, 2.24) is 9.80 Å². The highest BCUT2D eigenvalue weighted by molar-refractivity contribution is 7.91. The van der Waals surface area contributed by atoms with Crippen molar-refractivity contribution in [1.29, 1.82) is 0 Å². The zero-order valence-electron chi connectivity index (χ0n) is 25.2. The Labute approximate surface area is 255 Å². The van der Waals surface area contributed by atoms with Crippen molar-refractivity contribution in [2.45, 2.75) is 36.7 Å². The summed E-state index contributed by atoms with van der Waals surface area (Å²) in [7, 11) is 2.60. The molecule has 0 radical (unpaired) electrons. The molecule has 2 aliphatic rings. The second kappa shape index (κ2) is 13.9. The average Bonchev–Trinajstić information content (AvgIpc) is 3.14. The summed E-state index contributed by atoms with van der Waals surface area (Å²) in [4.78, 5) is 18.0. The van der Waals surface area contributed by atoms with Gasteiger partial charge in [-0.25, -0.2) is 8.42 Å². The van der Waals surface area contributed by atoms with E-state index in [2.05, 4.69) is 22.2 Å². The highest BCUT2D eigenvalue weighted by Crippen LogP contribution is 2.32. The normalized spacial score (nSPS) is 16.8. The standard InChI is InChI=1S/C34H41N3O5S/c1-36(2)17-20-42-32-11-6-26(7-12-32)27-8-13-33-29(22-27)23-28(16-21-43(33,39)40)34(38)35-30-9-4-25(5-10-30)24-37(3)31-14-18-41-19-15-31/h4-13,22-23,31H,14-21,24H2,1-3H3,(H,35,38). The van der Waals surface area contributed by atoms with Crippen LogP contribution in [0.1, 0.15) is 30.4 Å². The second-order valence-corrected chi connectivity index (χ2v) is 13.7. The average molecular weight is 604 g/mol. The highest BCUT2D eigenvalue weighted by atomic mass is 32.2. The van der Waals surface area contributed by atoms with E-state index in [0.29, 0.717) is 29.5 Å². The molecule has 0 bridgehead atoms. The van der Waals surface area contributed by atoms with E-state index in [1.807, 2.05) is 74.8 Å². The van der Waals surface area contributed by atoms with Gasteiger partial charge in [0.2, 0.25) is 0 Å². The van der Waals surface area contributed by atoms with Crippen LogP contribution >= 0.6 is 0 Å². The smallest absolute Gasteiger partial charge is 0.251 e. The number of ether oxygens (including phenoxy) is 2. The van der Waals surface area contributed by atoms with E-state index in [4.69, 9.17) is 9.47 Å². The lowest BCUT2D eigenvalue weighted by atomic mass is 10.0. The lowest BCUT2D eigenvalue weighted by Crippen LogP contribution is -2.36. The van der Waals surface area contributed by atoms with Crippen LogP contribution in [0, 0.1) is 0 Å². The molecule has 2 heterocycles. The minimum Gasteiger partial charge on any atom is -0.492 e. The number of nitrogens with zero attached hydrogens (tertiary/aromatic N) is 2. The van der Waals surface area contributed by atoms with Crippen LogP contribution in [0.2, 0.25) is 0 Å². The Morgan fingerprint density at radius 2 is 1.65 bits per heavy atom. The molecule has 0 unspecified atom stereocenters. The molecule has 8 nitrogen and oxygen atoms in total. The Bertz CT molecular complexity index is 1540. The minimum absolute atomic E-state index is 0.116. The number of nitrogens with one attached hydrogen (secondary N) is 1. The molecule has 43 heavy (non-hydrogen) atoms. The molecule has 3 aromatic rings. The van der Waals surface area contributed by atoms with Crippen molar-refractivity contribution >= 4 is 27.5 Å². The van der Waals surface area contributed by atoms with E-state index in [1.165, 1.54) is 5.56 Å². The zero-order chi connectivity index (χ0) is 30.4. The number of likely N-dealkylation sites (N-methyl/N-ethyl adjacent to an activating group) is 1. The predicted octanol–water partition coefficient (Wildman–Crippen LogP) is 5.10. The van der Waals surface area contributed by atoms with Gasteiger partial charge in [0.1, 0.15) is 12.4 Å². The number of hydrogen-bond acceptors (Lipinski definition) is 7. The highest BCUT2D eigenvalue weighted by Gasteiger charge is 2.25. The largest absolute Gasteiger partial charge is 0.492 e. The van der Waals surface area contributed by atoms with E-state index in [9.17, 15) is 13.2 Å². The topological polar surface area (TPSA) is 88.2 Å². The third-order valence-corrected chi connectivity index (χ3v) is 9.84. The summed E-state index contributed by atoms with van der Waals surface area (Å²) in [6, 6.07) is 21.4. The van der Waals surface area contributed by atoms with Crippen molar-refractivity contribution in [3.8, 4) is 16.9 Å². The summed E-state index contributed by atoms with van der Waals surface area (Å²) in [5.41, 5.74) is 4.61. The van der Waals surface area contributed by atoms with Crippen molar-refractivity contribution in [3.63, 3.8) is 0 Å². The van der Waals surface area contributed by atoms with Crippen LogP contribution in [0.3, 0.4) is 0 Å². The van der Waals surface area contributed by atoms with Gasteiger partial charge < -0.3 is 19.7 Å². The van der Waals surface area contributed by atoms with Gasteiger partial charge in [-0.3, -0.25) is 9.69 Å². The van der Waals surface area contributed by atoms with Gasteiger partial charge >= 0.3 is 0 Å². The molecule has 2 aliphatic heterocycles. The maximum atomic E-state index is 13.3. The first-order chi connectivity index (χ1) is 20.7. The van der Waals surface area contributed by atoms with Gasteiger partial charge in [0.25, 0.3) is 5.91 Å². The molecule has 0 saturated carbocycles. The molecular formula is C34H41N3O5S. The molecule has 0 atom stereocenters. The summed E-state index contributed by atoms with van der Waals surface area (Å²) < 4.78 is 37.5. The van der Waals surface area contributed by atoms with E-state index in [0.717, 1.165) is 56.0 Å². The van der Waals surface area contributed by atoms with Gasteiger partial charge in [-0.1, -0.05) is 30.3 Å². The third-order valence-electron chi connectivity index (χ3n) is 8.06. The number of rotatable bonds is 10. The predicted molar refractivity (Wildman–Crippen MR) is 171 cm³/mol. The van der Waals surface area contributed by atoms with Crippen molar-refractivity contribution in [3.05, 3.63) is 83.4 Å². The van der Waals surface area contributed by atoms with Gasteiger partial charge in [0.15, 0.2) is 9.84 Å². The second-order valence-electron chi connectivity index (χ2n) is 11.6. The summed E-state index contributed by atoms with van der Waals surface area (Å²) in [5, 5.41) is 2.97. The Kier molecular flexibility index (Phi) is 9.97. The summed E-state index contributed by atoms with van der Waals surface area (Å²) in [6.45, 7) is 3.86. The fraction of sp³-hybridized carbons (Fsp3) is 0.382. The number of carbonyl (C=O) groups is 1. The number of carbonyl (C=O) groups excluding carboxylic acids is 1. The molecule has 5 rings (SSSR count). The van der Waals surface area contributed by atoms with E-state index in [1.54, 1.807) is 12.1 Å². The Morgan fingerprint density at radius 1 is 0.953 bits per heavy atom. The fourth-order valence-electron chi connectivity index (χ4n) is 5.45. The first kappa shape index (κ1) is 30.9. The SMILES string of the molecule is CN(C)CCOc1ccc(-c2ccc3c(c2)C=C(C(=O)Nc2ccc(CN(C)C4CCOCC4)cc2)CCS3(=O)=O)cc1. The van der Waals surface area contributed by atoms with Crippen LogP contribution in [0.4, 0.5) is 5.69 Å². The molecule has 0 aliphatic carbocycles. The molecule has 0 spiro atoms. The first-order valence-electron chi connectivity index (χ1n) is 14.8. The van der Waals surface area contributed by atoms with Gasteiger partial charge in [0, 0.05) is 43.6 Å².